The van der Waals surface area contributed by atoms with Gasteiger partial charge in [0.15, 0.2) is 6.04 Å². The molecule has 1 N–H and O–H groups in total. The molecule has 1 fully saturated rings. The summed E-state index contributed by atoms with van der Waals surface area (Å²) in [6.45, 7) is 3.61. The van der Waals surface area contributed by atoms with Crippen LogP contribution < -0.4 is 0 Å². The molecule has 8 nitrogen and oxygen atoms in total. The van der Waals surface area contributed by atoms with Crippen LogP contribution in [0.25, 0.3) is 0 Å². The molecule has 1 aliphatic heterocycles. The maximum absolute atomic E-state index is 13.2. The standard InChI is InChI=1S/C22H22N2O6/c1-2-13-29-20(25)18-19(30-22(27)28)24(15-17-11-7-4-8-12-17)21(26)23(18)14-16-9-5-3-6-10-16/h2-12,18-19H,1,13-15H2,(H,27,28)/t18-,19+/m1/s1. The number of carbonyl (C=O) groups is 3. The van der Waals surface area contributed by atoms with Gasteiger partial charge in [0, 0.05) is 6.54 Å². The molecular formula is C22H22N2O6. The number of carbonyl (C=O) groups excluding carboxylic acids is 2. The minimum Gasteiger partial charge on any atom is -0.460 e. The topological polar surface area (TPSA) is 96.4 Å². The normalized spacial score (nSPS) is 18.2. The Hall–Kier alpha value is -3.81. The number of nitrogens with zero attached hydrogens (tertiary/aromatic N) is 2. The third kappa shape index (κ3) is 4.78. The van der Waals surface area contributed by atoms with E-state index in [1.165, 1.54) is 15.9 Å². The number of hydrogen-bond acceptors (Lipinski definition) is 5. The molecule has 1 heterocycles. The van der Waals surface area contributed by atoms with Crippen LogP contribution in [0.1, 0.15) is 11.1 Å². The Morgan fingerprint density at radius 3 is 2.00 bits per heavy atom. The summed E-state index contributed by atoms with van der Waals surface area (Å²) in [5.41, 5.74) is 1.55. The molecule has 0 spiro atoms. The van der Waals surface area contributed by atoms with E-state index >= 15 is 0 Å². The summed E-state index contributed by atoms with van der Waals surface area (Å²) in [6, 6.07) is 16.4. The van der Waals surface area contributed by atoms with Crippen molar-refractivity contribution in [3.63, 3.8) is 0 Å². The Bertz CT molecular complexity index is 902. The molecule has 1 saturated heterocycles. The van der Waals surface area contributed by atoms with Crippen LogP contribution in [-0.2, 0) is 27.4 Å². The van der Waals surface area contributed by atoms with E-state index in [9.17, 15) is 19.5 Å². The first-order valence-corrected chi connectivity index (χ1v) is 9.33. The predicted molar refractivity (Wildman–Crippen MR) is 107 cm³/mol. The largest absolute Gasteiger partial charge is 0.507 e. The fourth-order valence-electron chi connectivity index (χ4n) is 3.30. The Morgan fingerprint density at radius 1 is 0.967 bits per heavy atom. The van der Waals surface area contributed by atoms with Crippen molar-refractivity contribution in [3.05, 3.63) is 84.4 Å². The highest BCUT2D eigenvalue weighted by molar-refractivity contribution is 5.88. The molecule has 0 saturated carbocycles. The number of hydrogen-bond donors (Lipinski definition) is 1. The van der Waals surface area contributed by atoms with E-state index in [0.717, 1.165) is 11.1 Å². The van der Waals surface area contributed by atoms with Crippen LogP contribution in [0.2, 0.25) is 0 Å². The zero-order valence-electron chi connectivity index (χ0n) is 16.2. The minimum absolute atomic E-state index is 0.0683. The molecule has 2 atom stereocenters. The number of ether oxygens (including phenoxy) is 2. The van der Waals surface area contributed by atoms with E-state index in [4.69, 9.17) is 9.47 Å². The molecule has 8 heteroatoms. The molecule has 3 rings (SSSR count). The van der Waals surface area contributed by atoms with Crippen LogP contribution in [0.4, 0.5) is 9.59 Å². The van der Waals surface area contributed by atoms with Gasteiger partial charge in [0.1, 0.15) is 6.61 Å². The number of urea groups is 1. The highest BCUT2D eigenvalue weighted by Crippen LogP contribution is 2.29. The first-order valence-electron chi connectivity index (χ1n) is 9.33. The van der Waals surface area contributed by atoms with Gasteiger partial charge in [-0.2, -0.15) is 0 Å². The van der Waals surface area contributed by atoms with Crippen molar-refractivity contribution in [2.75, 3.05) is 6.61 Å². The summed E-state index contributed by atoms with van der Waals surface area (Å²) in [6.07, 6.45) is -1.55. The average molecular weight is 410 g/mol. The van der Waals surface area contributed by atoms with Gasteiger partial charge in [-0.3, -0.25) is 4.90 Å². The molecule has 1 aliphatic rings. The minimum atomic E-state index is -1.59. The van der Waals surface area contributed by atoms with Gasteiger partial charge < -0.3 is 19.5 Å². The van der Waals surface area contributed by atoms with Crippen molar-refractivity contribution < 1.29 is 29.0 Å². The van der Waals surface area contributed by atoms with Crippen molar-refractivity contribution in [2.45, 2.75) is 25.4 Å². The van der Waals surface area contributed by atoms with Crippen molar-refractivity contribution in [3.8, 4) is 0 Å². The second-order valence-electron chi connectivity index (χ2n) is 6.65. The third-order valence-corrected chi connectivity index (χ3v) is 4.60. The van der Waals surface area contributed by atoms with E-state index in [2.05, 4.69) is 6.58 Å². The second kappa shape index (κ2) is 9.60. The molecule has 0 bridgehead atoms. The summed E-state index contributed by atoms with van der Waals surface area (Å²) in [7, 11) is 0. The Kier molecular flexibility index (Phi) is 6.69. The van der Waals surface area contributed by atoms with Gasteiger partial charge in [-0.25, -0.2) is 14.4 Å². The van der Waals surface area contributed by atoms with E-state index in [0.29, 0.717) is 0 Å². The fourth-order valence-corrected chi connectivity index (χ4v) is 3.30. The number of esters is 1. The van der Waals surface area contributed by atoms with Crippen LogP contribution in [-0.4, -0.2) is 51.9 Å². The van der Waals surface area contributed by atoms with E-state index in [-0.39, 0.29) is 19.7 Å². The predicted octanol–water partition coefficient (Wildman–Crippen LogP) is 3.24. The van der Waals surface area contributed by atoms with Gasteiger partial charge in [-0.1, -0.05) is 73.3 Å². The Labute approximate surface area is 173 Å². The highest BCUT2D eigenvalue weighted by atomic mass is 16.7. The van der Waals surface area contributed by atoms with Gasteiger partial charge in [0.2, 0.25) is 6.23 Å². The summed E-state index contributed by atoms with van der Waals surface area (Å²) < 4.78 is 10.2. The SMILES string of the molecule is C=CCOC(=O)[C@H]1[C@H](OC(=O)O)N(Cc2ccccc2)C(=O)N1Cc1ccccc1. The van der Waals surface area contributed by atoms with Crippen molar-refractivity contribution in [2.24, 2.45) is 0 Å². The van der Waals surface area contributed by atoms with Gasteiger partial charge >= 0.3 is 18.2 Å². The first-order chi connectivity index (χ1) is 14.5. The molecule has 156 valence electrons. The smallest absolute Gasteiger partial charge is 0.460 e. The number of benzene rings is 2. The summed E-state index contributed by atoms with van der Waals surface area (Å²) in [5.74, 6) is -0.763. The number of amides is 2. The maximum atomic E-state index is 13.2. The third-order valence-electron chi connectivity index (χ3n) is 4.60. The second-order valence-corrected chi connectivity index (χ2v) is 6.65. The highest BCUT2D eigenvalue weighted by Gasteiger charge is 2.52. The summed E-state index contributed by atoms with van der Waals surface area (Å²) in [4.78, 5) is 39.9. The average Bonchev–Trinajstić information content (AvgIpc) is 2.98. The lowest BCUT2D eigenvalue weighted by atomic mass is 10.1. The lowest BCUT2D eigenvalue weighted by molar-refractivity contribution is -0.152. The van der Waals surface area contributed by atoms with Crippen LogP contribution in [0, 0.1) is 0 Å². The summed E-state index contributed by atoms with van der Waals surface area (Å²) >= 11 is 0. The zero-order chi connectivity index (χ0) is 21.5. The van der Waals surface area contributed by atoms with Gasteiger partial charge in [-0.15, -0.1) is 0 Å². The zero-order valence-corrected chi connectivity index (χ0v) is 16.2. The van der Waals surface area contributed by atoms with Crippen molar-refractivity contribution in [1.82, 2.24) is 9.80 Å². The Balaban J connectivity index is 1.96. The number of rotatable bonds is 8. The maximum Gasteiger partial charge on any atom is 0.507 e. The Morgan fingerprint density at radius 2 is 1.50 bits per heavy atom. The fraction of sp³-hybridized carbons (Fsp3) is 0.227. The molecular weight excluding hydrogens is 388 g/mol. The van der Waals surface area contributed by atoms with Gasteiger partial charge in [0.05, 0.1) is 6.54 Å². The number of carboxylic acid groups (broad SMARTS) is 1. The molecule has 0 aromatic heterocycles. The molecule has 0 radical (unpaired) electrons. The monoisotopic (exact) mass is 410 g/mol. The van der Waals surface area contributed by atoms with Crippen molar-refractivity contribution >= 4 is 18.2 Å². The van der Waals surface area contributed by atoms with Gasteiger partial charge in [-0.05, 0) is 11.1 Å². The quantitative estimate of drug-likeness (QED) is 0.530. The van der Waals surface area contributed by atoms with Crippen LogP contribution in [0.15, 0.2) is 73.3 Å². The molecule has 0 unspecified atom stereocenters. The lowest BCUT2D eigenvalue weighted by Gasteiger charge is -2.25. The summed E-state index contributed by atoms with van der Waals surface area (Å²) in [5, 5.41) is 9.25. The van der Waals surface area contributed by atoms with E-state index in [1.54, 1.807) is 24.3 Å². The van der Waals surface area contributed by atoms with Crippen LogP contribution >= 0.6 is 0 Å². The van der Waals surface area contributed by atoms with E-state index < -0.39 is 30.4 Å². The van der Waals surface area contributed by atoms with Crippen LogP contribution in [0.3, 0.4) is 0 Å². The van der Waals surface area contributed by atoms with Crippen molar-refractivity contribution in [1.29, 1.82) is 0 Å². The van der Waals surface area contributed by atoms with E-state index in [1.807, 2.05) is 36.4 Å². The molecule has 30 heavy (non-hydrogen) atoms. The first kappa shape index (κ1) is 20.9. The molecule has 2 amide bonds. The van der Waals surface area contributed by atoms with Gasteiger partial charge in [0.25, 0.3) is 0 Å². The van der Waals surface area contributed by atoms with Crippen LogP contribution in [0.5, 0.6) is 0 Å². The molecule has 2 aromatic carbocycles. The lowest BCUT2D eigenvalue weighted by Crippen LogP contribution is -2.46. The molecule has 0 aliphatic carbocycles. The molecule has 2 aromatic rings.